The molecule has 0 aromatic heterocycles. The Kier molecular flexibility index (Phi) is 4.07. The SMILES string of the molecule is CN(CCC(F)(F)F)c1ccc(N)cc1Br. The van der Waals surface area contributed by atoms with Crippen LogP contribution in [0, 0.1) is 0 Å². The standard InChI is InChI=1S/C10H12BrF3N2/c1-16(5-4-10(12,13)14)9-3-2-7(15)6-8(9)11/h2-3,6H,4-5,15H2,1H3. The second-order valence-corrected chi connectivity index (χ2v) is 4.35. The van der Waals surface area contributed by atoms with Crippen molar-refractivity contribution in [3.8, 4) is 0 Å². The molecule has 0 saturated carbocycles. The lowest BCUT2D eigenvalue weighted by atomic mass is 10.2. The third-order valence-electron chi connectivity index (χ3n) is 2.11. The summed E-state index contributed by atoms with van der Waals surface area (Å²) in [7, 11) is 1.61. The first-order valence-electron chi connectivity index (χ1n) is 4.62. The number of anilines is 2. The van der Waals surface area contributed by atoms with Crippen LogP contribution in [0.1, 0.15) is 6.42 Å². The van der Waals surface area contributed by atoms with Crippen LogP contribution in [-0.2, 0) is 0 Å². The Bertz CT molecular complexity index is 366. The molecular weight excluding hydrogens is 285 g/mol. The second-order valence-electron chi connectivity index (χ2n) is 3.50. The van der Waals surface area contributed by atoms with E-state index in [0.717, 1.165) is 0 Å². The molecule has 0 heterocycles. The molecule has 90 valence electrons. The molecule has 0 aliphatic heterocycles. The topological polar surface area (TPSA) is 29.3 Å². The van der Waals surface area contributed by atoms with E-state index in [2.05, 4.69) is 15.9 Å². The molecule has 0 unspecified atom stereocenters. The van der Waals surface area contributed by atoms with Gasteiger partial charge in [0.1, 0.15) is 0 Å². The number of hydrogen-bond donors (Lipinski definition) is 1. The highest BCUT2D eigenvalue weighted by Gasteiger charge is 2.27. The maximum Gasteiger partial charge on any atom is 0.390 e. The minimum Gasteiger partial charge on any atom is -0.399 e. The number of nitrogens with two attached hydrogens (primary N) is 1. The zero-order chi connectivity index (χ0) is 12.3. The van der Waals surface area contributed by atoms with E-state index in [1.54, 1.807) is 25.2 Å². The van der Waals surface area contributed by atoms with Gasteiger partial charge >= 0.3 is 6.18 Å². The van der Waals surface area contributed by atoms with Gasteiger partial charge in [-0.05, 0) is 34.1 Å². The lowest BCUT2D eigenvalue weighted by Gasteiger charge is -2.21. The van der Waals surface area contributed by atoms with Crippen LogP contribution in [0.4, 0.5) is 24.5 Å². The summed E-state index contributed by atoms with van der Waals surface area (Å²) in [5.74, 6) is 0. The molecule has 0 spiro atoms. The van der Waals surface area contributed by atoms with Gasteiger partial charge in [-0.25, -0.2) is 0 Å². The van der Waals surface area contributed by atoms with Crippen molar-refractivity contribution in [3.05, 3.63) is 22.7 Å². The number of rotatable bonds is 3. The second kappa shape index (κ2) is 4.95. The molecule has 0 aliphatic carbocycles. The molecule has 0 amide bonds. The number of halogens is 4. The number of benzene rings is 1. The Morgan fingerprint density at radius 3 is 2.50 bits per heavy atom. The summed E-state index contributed by atoms with van der Waals surface area (Å²) in [6.07, 6.45) is -4.96. The van der Waals surface area contributed by atoms with E-state index in [1.807, 2.05) is 0 Å². The van der Waals surface area contributed by atoms with Crippen LogP contribution in [0.2, 0.25) is 0 Å². The largest absolute Gasteiger partial charge is 0.399 e. The van der Waals surface area contributed by atoms with Crippen LogP contribution in [0.5, 0.6) is 0 Å². The summed E-state index contributed by atoms with van der Waals surface area (Å²) >= 11 is 3.27. The van der Waals surface area contributed by atoms with E-state index < -0.39 is 12.6 Å². The Balaban J connectivity index is 2.70. The molecule has 0 saturated heterocycles. The lowest BCUT2D eigenvalue weighted by Crippen LogP contribution is -2.24. The Labute approximate surface area is 100 Å². The average molecular weight is 297 g/mol. The Hall–Kier alpha value is -0.910. The van der Waals surface area contributed by atoms with E-state index in [-0.39, 0.29) is 6.54 Å². The van der Waals surface area contributed by atoms with Crippen LogP contribution in [0.3, 0.4) is 0 Å². The molecule has 0 bridgehead atoms. The van der Waals surface area contributed by atoms with Gasteiger partial charge in [0.2, 0.25) is 0 Å². The summed E-state index contributed by atoms with van der Waals surface area (Å²) in [6.45, 7) is -0.0774. The maximum absolute atomic E-state index is 12.0. The fourth-order valence-electron chi connectivity index (χ4n) is 1.25. The predicted molar refractivity (Wildman–Crippen MR) is 62.5 cm³/mol. The average Bonchev–Trinajstić information content (AvgIpc) is 2.13. The summed E-state index contributed by atoms with van der Waals surface area (Å²) in [5, 5.41) is 0. The van der Waals surface area contributed by atoms with Gasteiger partial charge in [0, 0.05) is 23.8 Å². The summed E-state index contributed by atoms with van der Waals surface area (Å²) in [5.41, 5.74) is 6.80. The molecule has 0 atom stereocenters. The fraction of sp³-hybridized carbons (Fsp3) is 0.400. The van der Waals surface area contributed by atoms with Crippen LogP contribution >= 0.6 is 15.9 Å². The molecule has 1 aromatic rings. The number of hydrogen-bond acceptors (Lipinski definition) is 2. The Morgan fingerprint density at radius 1 is 1.38 bits per heavy atom. The van der Waals surface area contributed by atoms with Crippen LogP contribution < -0.4 is 10.6 Å². The fourth-order valence-corrected chi connectivity index (χ4v) is 1.95. The quantitative estimate of drug-likeness (QED) is 0.866. The van der Waals surface area contributed by atoms with E-state index in [1.165, 1.54) is 4.90 Å². The minimum atomic E-state index is -4.13. The first-order chi connectivity index (χ1) is 7.29. The van der Waals surface area contributed by atoms with Crippen molar-refractivity contribution >= 4 is 27.3 Å². The van der Waals surface area contributed by atoms with Crippen molar-refractivity contribution in [3.63, 3.8) is 0 Å². The summed E-state index contributed by atoms with van der Waals surface area (Å²) in [6, 6.07) is 5.01. The van der Waals surface area contributed by atoms with Crippen molar-refractivity contribution in [1.29, 1.82) is 0 Å². The van der Waals surface area contributed by atoms with Gasteiger partial charge in [-0.1, -0.05) is 0 Å². The van der Waals surface area contributed by atoms with Gasteiger partial charge in [-0.15, -0.1) is 0 Å². The van der Waals surface area contributed by atoms with Gasteiger partial charge in [-0.2, -0.15) is 13.2 Å². The van der Waals surface area contributed by atoms with Crippen molar-refractivity contribution < 1.29 is 13.2 Å². The first-order valence-corrected chi connectivity index (χ1v) is 5.42. The number of nitrogen functional groups attached to an aromatic ring is 1. The molecule has 2 nitrogen and oxygen atoms in total. The molecule has 6 heteroatoms. The maximum atomic E-state index is 12.0. The van der Waals surface area contributed by atoms with Gasteiger partial charge in [-0.3, -0.25) is 0 Å². The summed E-state index contributed by atoms with van der Waals surface area (Å²) in [4.78, 5) is 1.54. The third kappa shape index (κ3) is 3.92. The lowest BCUT2D eigenvalue weighted by molar-refractivity contribution is -0.132. The zero-order valence-corrected chi connectivity index (χ0v) is 10.3. The summed E-state index contributed by atoms with van der Waals surface area (Å²) < 4.78 is 36.8. The van der Waals surface area contributed by atoms with E-state index in [9.17, 15) is 13.2 Å². The van der Waals surface area contributed by atoms with Crippen molar-refractivity contribution in [2.75, 3.05) is 24.2 Å². The number of alkyl halides is 3. The molecule has 0 radical (unpaired) electrons. The highest BCUT2D eigenvalue weighted by molar-refractivity contribution is 9.10. The zero-order valence-electron chi connectivity index (χ0n) is 8.68. The van der Waals surface area contributed by atoms with Crippen LogP contribution in [-0.4, -0.2) is 19.8 Å². The van der Waals surface area contributed by atoms with Gasteiger partial charge in [0.15, 0.2) is 0 Å². The van der Waals surface area contributed by atoms with E-state index in [4.69, 9.17) is 5.73 Å². The van der Waals surface area contributed by atoms with E-state index >= 15 is 0 Å². The van der Waals surface area contributed by atoms with Crippen LogP contribution in [0.15, 0.2) is 22.7 Å². The molecule has 1 rings (SSSR count). The van der Waals surface area contributed by atoms with Crippen molar-refractivity contribution in [2.45, 2.75) is 12.6 Å². The molecule has 16 heavy (non-hydrogen) atoms. The molecular formula is C10H12BrF3N2. The normalized spacial score (nSPS) is 11.6. The monoisotopic (exact) mass is 296 g/mol. The smallest absolute Gasteiger partial charge is 0.390 e. The third-order valence-corrected chi connectivity index (χ3v) is 2.75. The highest BCUT2D eigenvalue weighted by atomic mass is 79.9. The van der Waals surface area contributed by atoms with Crippen molar-refractivity contribution in [2.24, 2.45) is 0 Å². The Morgan fingerprint density at radius 2 is 2.00 bits per heavy atom. The van der Waals surface area contributed by atoms with Gasteiger partial charge in [0.05, 0.1) is 12.1 Å². The molecule has 1 aromatic carbocycles. The molecule has 2 N–H and O–H groups in total. The predicted octanol–water partition coefficient (Wildman–Crippen LogP) is 3.42. The van der Waals surface area contributed by atoms with Crippen LogP contribution in [0.25, 0.3) is 0 Å². The highest BCUT2D eigenvalue weighted by Crippen LogP contribution is 2.29. The molecule has 0 fully saturated rings. The minimum absolute atomic E-state index is 0.0774. The van der Waals surface area contributed by atoms with Gasteiger partial charge < -0.3 is 10.6 Å². The van der Waals surface area contributed by atoms with Crippen molar-refractivity contribution in [1.82, 2.24) is 0 Å². The van der Waals surface area contributed by atoms with E-state index in [0.29, 0.717) is 15.8 Å². The molecule has 0 aliphatic rings. The first kappa shape index (κ1) is 13.2. The number of nitrogens with zero attached hydrogens (tertiary/aromatic N) is 1. The van der Waals surface area contributed by atoms with Gasteiger partial charge in [0.25, 0.3) is 0 Å².